The minimum atomic E-state index is -4.82. The zero-order chi connectivity index (χ0) is 24.3. The summed E-state index contributed by atoms with van der Waals surface area (Å²) in [4.78, 5) is -1.01. The summed E-state index contributed by atoms with van der Waals surface area (Å²) in [7, 11) is -9.53. The van der Waals surface area contributed by atoms with Crippen molar-refractivity contribution >= 4 is 20.2 Å². The van der Waals surface area contributed by atoms with Crippen molar-refractivity contribution < 1.29 is 89.8 Å². The Labute approximate surface area is 254 Å². The van der Waals surface area contributed by atoms with E-state index in [0.29, 0.717) is 12.0 Å². The van der Waals surface area contributed by atoms with Gasteiger partial charge in [-0.15, -0.1) is 0 Å². The molecule has 0 aliphatic carbocycles. The third kappa shape index (κ3) is 12.9. The van der Waals surface area contributed by atoms with Crippen molar-refractivity contribution in [1.82, 2.24) is 0 Å². The Hall–Kier alpha value is 0.0600. The molecule has 2 aromatic rings. The Bertz CT molecular complexity index is 1100. The molecule has 2 aromatic carbocycles. The fourth-order valence-electron chi connectivity index (χ4n) is 3.68. The topological polar surface area (TPSA) is 124 Å². The number of para-hydroxylation sites is 1. The number of rotatable bonds is 15. The second-order valence-electron chi connectivity index (χ2n) is 8.16. The van der Waals surface area contributed by atoms with Crippen LogP contribution in [0.15, 0.2) is 52.3 Å². The molecule has 0 spiro atoms. The largest absolute Gasteiger partial charge is 1.00 e. The van der Waals surface area contributed by atoms with E-state index in [1.165, 1.54) is 56.7 Å². The van der Waals surface area contributed by atoms with Crippen molar-refractivity contribution in [3.63, 3.8) is 0 Å². The van der Waals surface area contributed by atoms with E-state index in [0.717, 1.165) is 43.9 Å². The monoisotopic (exact) mass is 542 g/mol. The molecule has 11 heteroatoms. The molecular formula is C24H32Na2O7S2. The minimum Gasteiger partial charge on any atom is -0.744 e. The van der Waals surface area contributed by atoms with Crippen LogP contribution in [0.4, 0.5) is 0 Å². The molecule has 7 nitrogen and oxygen atoms in total. The molecule has 0 unspecified atom stereocenters. The summed E-state index contributed by atoms with van der Waals surface area (Å²) in [6, 6.07) is 9.18. The van der Waals surface area contributed by atoms with E-state index in [1.807, 2.05) is 0 Å². The maximum Gasteiger partial charge on any atom is 1.00 e. The van der Waals surface area contributed by atoms with E-state index < -0.39 is 30.0 Å². The van der Waals surface area contributed by atoms with Gasteiger partial charge in [0.05, 0.1) is 9.79 Å². The van der Waals surface area contributed by atoms with Gasteiger partial charge in [0.1, 0.15) is 31.7 Å². The predicted octanol–water partition coefficient (Wildman–Crippen LogP) is -0.241. The van der Waals surface area contributed by atoms with Crippen LogP contribution < -0.4 is 63.9 Å². The van der Waals surface area contributed by atoms with Crippen LogP contribution in [-0.4, -0.2) is 25.9 Å². The summed E-state index contributed by atoms with van der Waals surface area (Å²) in [5.41, 5.74) is 0.543. The van der Waals surface area contributed by atoms with E-state index >= 15 is 0 Å². The van der Waals surface area contributed by atoms with Crippen molar-refractivity contribution in [3.05, 3.63) is 48.0 Å². The summed E-state index contributed by atoms with van der Waals surface area (Å²) in [5.74, 6) is -0.156. The summed E-state index contributed by atoms with van der Waals surface area (Å²) in [6.45, 7) is 2.20. The van der Waals surface area contributed by atoms with Gasteiger partial charge in [-0.2, -0.15) is 0 Å². The van der Waals surface area contributed by atoms with E-state index in [1.54, 1.807) is 6.07 Å². The molecule has 0 aromatic heterocycles. The number of hydrogen-bond donors (Lipinski definition) is 0. The quantitative estimate of drug-likeness (QED) is 0.173. The van der Waals surface area contributed by atoms with Crippen molar-refractivity contribution in [2.24, 2.45) is 0 Å². The smallest absolute Gasteiger partial charge is 0.744 e. The number of aryl methyl sites for hydroxylation is 1. The third-order valence-electron chi connectivity index (χ3n) is 5.44. The van der Waals surface area contributed by atoms with E-state index in [-0.39, 0.29) is 70.6 Å². The zero-order valence-electron chi connectivity index (χ0n) is 21.0. The maximum atomic E-state index is 11.8. The van der Waals surface area contributed by atoms with Gasteiger partial charge >= 0.3 is 59.1 Å². The number of ether oxygens (including phenoxy) is 1. The molecule has 35 heavy (non-hydrogen) atoms. The Balaban J connectivity index is 0.00000578. The number of hydrogen-bond acceptors (Lipinski definition) is 7. The molecule has 0 saturated carbocycles. The second-order valence-corrected chi connectivity index (χ2v) is 10.9. The average Bonchev–Trinajstić information content (AvgIpc) is 2.75. The molecule has 0 atom stereocenters. The number of benzene rings is 2. The van der Waals surface area contributed by atoms with Crippen LogP contribution >= 0.6 is 0 Å². The molecule has 0 aliphatic rings. The van der Waals surface area contributed by atoms with Gasteiger partial charge in [-0.1, -0.05) is 82.9 Å². The van der Waals surface area contributed by atoms with Gasteiger partial charge in [-0.25, -0.2) is 16.8 Å². The maximum absolute atomic E-state index is 11.8. The van der Waals surface area contributed by atoms with Crippen molar-refractivity contribution in [3.8, 4) is 11.5 Å². The summed E-state index contributed by atoms with van der Waals surface area (Å²) in [5, 5.41) is 0. The normalized spacial score (nSPS) is 11.4. The summed E-state index contributed by atoms with van der Waals surface area (Å²) in [6.07, 6.45) is 12.1. The first-order chi connectivity index (χ1) is 15.6. The molecule has 0 heterocycles. The fourth-order valence-corrected chi connectivity index (χ4v) is 4.84. The molecule has 0 aliphatic heterocycles. The van der Waals surface area contributed by atoms with Crippen molar-refractivity contribution in [2.45, 2.75) is 87.3 Å². The first-order valence-electron chi connectivity index (χ1n) is 11.4. The van der Waals surface area contributed by atoms with Gasteiger partial charge in [0.15, 0.2) is 0 Å². The molecule has 0 saturated heterocycles. The molecule has 2 rings (SSSR count). The van der Waals surface area contributed by atoms with Crippen LogP contribution in [0.3, 0.4) is 0 Å². The van der Waals surface area contributed by atoms with Gasteiger partial charge in [0, 0.05) is 0 Å². The van der Waals surface area contributed by atoms with E-state index in [4.69, 9.17) is 4.74 Å². The van der Waals surface area contributed by atoms with E-state index in [2.05, 4.69) is 6.92 Å². The Kier molecular flexibility index (Phi) is 17.6. The standard InChI is InChI=1S/C24H34O7S2.2Na/c1-2-3-4-5-6-7-8-9-10-11-14-20-15-12-18-23(33(28,29)30)24(20)31-21-16-13-17-22(19-21)32(25,26)27;;/h12-13,15-19H,2-11,14H2,1H3,(H,25,26,27)(H,28,29,30);;/q;2*+1/p-2. The SMILES string of the molecule is CCCCCCCCCCCCc1cccc(S(=O)(=O)[O-])c1Oc1cccc(S(=O)(=O)[O-])c1.[Na+].[Na+]. The van der Waals surface area contributed by atoms with Gasteiger partial charge in [0.2, 0.25) is 0 Å². The fraction of sp³-hybridized carbons (Fsp3) is 0.500. The van der Waals surface area contributed by atoms with Gasteiger partial charge in [-0.3, -0.25) is 0 Å². The predicted molar refractivity (Wildman–Crippen MR) is 124 cm³/mol. The molecule has 0 bridgehead atoms. The van der Waals surface area contributed by atoms with Crippen LogP contribution in [-0.2, 0) is 26.7 Å². The van der Waals surface area contributed by atoms with Crippen molar-refractivity contribution in [1.29, 1.82) is 0 Å². The van der Waals surface area contributed by atoms with Crippen molar-refractivity contribution in [2.75, 3.05) is 0 Å². The summed E-state index contributed by atoms with van der Waals surface area (Å²) >= 11 is 0. The Morgan fingerprint density at radius 1 is 0.714 bits per heavy atom. The van der Waals surface area contributed by atoms with E-state index in [9.17, 15) is 25.9 Å². The molecule has 184 valence electrons. The average molecular weight is 543 g/mol. The summed E-state index contributed by atoms with van der Waals surface area (Å²) < 4.78 is 74.9. The van der Waals surface area contributed by atoms with Crippen LogP contribution in [0.25, 0.3) is 0 Å². The molecule has 0 radical (unpaired) electrons. The Morgan fingerprint density at radius 2 is 1.26 bits per heavy atom. The molecule has 0 fully saturated rings. The van der Waals surface area contributed by atoms with Crippen LogP contribution in [0.1, 0.15) is 76.7 Å². The third-order valence-corrected chi connectivity index (χ3v) is 7.13. The first kappa shape index (κ1) is 35.1. The molecule has 0 amide bonds. The number of unbranched alkanes of at least 4 members (excludes halogenated alkanes) is 9. The van der Waals surface area contributed by atoms with Crippen LogP contribution in [0, 0.1) is 0 Å². The first-order valence-corrected chi connectivity index (χ1v) is 14.3. The van der Waals surface area contributed by atoms with Crippen LogP contribution in [0.2, 0.25) is 0 Å². The van der Waals surface area contributed by atoms with Gasteiger partial charge in [-0.05, 0) is 42.7 Å². The Morgan fingerprint density at radius 3 is 1.80 bits per heavy atom. The minimum absolute atomic E-state index is 0. The van der Waals surface area contributed by atoms with Gasteiger partial charge < -0.3 is 13.8 Å². The van der Waals surface area contributed by atoms with Gasteiger partial charge in [0.25, 0.3) is 0 Å². The molecular weight excluding hydrogens is 510 g/mol. The second kappa shape index (κ2) is 17.5. The van der Waals surface area contributed by atoms with Crippen LogP contribution in [0.5, 0.6) is 11.5 Å². The zero-order valence-corrected chi connectivity index (χ0v) is 26.6. The molecule has 0 N–H and O–H groups in total.